The van der Waals surface area contributed by atoms with E-state index in [1.54, 1.807) is 19.9 Å². The molecule has 0 atom stereocenters. The van der Waals surface area contributed by atoms with Gasteiger partial charge in [0.25, 0.3) is 0 Å². The van der Waals surface area contributed by atoms with Crippen LogP contribution in [0.3, 0.4) is 0 Å². The van der Waals surface area contributed by atoms with Crippen molar-refractivity contribution in [3.05, 3.63) is 96.1 Å². The monoisotopic (exact) mass is 502 g/mol. The van der Waals surface area contributed by atoms with Crippen LogP contribution in [0.5, 0.6) is 11.5 Å². The molecule has 37 heavy (non-hydrogen) atoms. The molecule has 0 spiro atoms. The highest BCUT2D eigenvalue weighted by molar-refractivity contribution is 5.89. The quantitative estimate of drug-likeness (QED) is 0.158. The first-order valence-electron chi connectivity index (χ1n) is 12.1. The van der Waals surface area contributed by atoms with Gasteiger partial charge in [0.05, 0.1) is 18.6 Å². The summed E-state index contributed by atoms with van der Waals surface area (Å²) >= 11 is 0. The summed E-state index contributed by atoms with van der Waals surface area (Å²) in [5, 5.41) is 0. The summed E-state index contributed by atoms with van der Waals surface area (Å²) < 4.78 is 22.1. The maximum Gasteiger partial charge on any atom is 0.338 e. The number of benzene rings is 2. The van der Waals surface area contributed by atoms with Crippen molar-refractivity contribution in [2.24, 2.45) is 5.41 Å². The Morgan fingerprint density at radius 2 is 1.59 bits per heavy atom. The van der Waals surface area contributed by atoms with Gasteiger partial charge in [-0.2, -0.15) is 0 Å². The Labute approximate surface area is 218 Å². The molecule has 6 nitrogen and oxygen atoms in total. The Kier molecular flexibility index (Phi) is 9.25. The Morgan fingerprint density at radius 3 is 2.16 bits per heavy atom. The Bertz CT molecular complexity index is 1230. The minimum absolute atomic E-state index is 0.233. The largest absolute Gasteiger partial charge is 0.493 e. The molecule has 0 unspecified atom stereocenters. The molecule has 0 amide bonds. The van der Waals surface area contributed by atoms with Gasteiger partial charge in [0.15, 0.2) is 0 Å². The summed E-state index contributed by atoms with van der Waals surface area (Å²) in [6.07, 6.45) is 4.13. The lowest BCUT2D eigenvalue weighted by molar-refractivity contribution is -0.174. The number of hydrogen-bond acceptors (Lipinski definition) is 6. The summed E-state index contributed by atoms with van der Waals surface area (Å²) in [7, 11) is 0. The molecule has 0 radical (unpaired) electrons. The molecule has 1 aliphatic heterocycles. The number of carbonyl (C=O) groups excluding carboxylic acids is 2. The maximum absolute atomic E-state index is 11.9. The third-order valence-corrected chi connectivity index (χ3v) is 5.94. The van der Waals surface area contributed by atoms with Crippen molar-refractivity contribution in [2.75, 3.05) is 26.4 Å². The predicted octanol–water partition coefficient (Wildman–Crippen LogP) is 6.19. The van der Waals surface area contributed by atoms with Gasteiger partial charge in [-0.25, -0.2) is 9.59 Å². The van der Waals surface area contributed by atoms with Gasteiger partial charge >= 0.3 is 11.9 Å². The zero-order valence-corrected chi connectivity index (χ0v) is 22.0. The summed E-state index contributed by atoms with van der Waals surface area (Å²) in [6.45, 7) is 16.1. The molecule has 6 heteroatoms. The molecule has 0 N–H and O–H groups in total. The van der Waals surface area contributed by atoms with E-state index in [4.69, 9.17) is 18.9 Å². The molecule has 2 aromatic carbocycles. The van der Waals surface area contributed by atoms with Gasteiger partial charge in [-0.1, -0.05) is 49.6 Å². The van der Waals surface area contributed by atoms with E-state index in [9.17, 15) is 9.59 Å². The van der Waals surface area contributed by atoms with Crippen molar-refractivity contribution in [1.29, 1.82) is 0 Å². The summed E-state index contributed by atoms with van der Waals surface area (Å²) in [5.41, 5.74) is 4.44. The van der Waals surface area contributed by atoms with Crippen LogP contribution < -0.4 is 9.47 Å². The average molecular weight is 503 g/mol. The van der Waals surface area contributed by atoms with Crippen LogP contribution in [0.4, 0.5) is 0 Å². The number of rotatable bonds is 11. The van der Waals surface area contributed by atoms with Crippen LogP contribution in [-0.2, 0) is 19.1 Å². The lowest BCUT2D eigenvalue weighted by Gasteiger charge is -2.40. The molecule has 0 aromatic heterocycles. The van der Waals surface area contributed by atoms with Crippen LogP contribution in [0.1, 0.15) is 38.8 Å². The number of hydrogen-bond donors (Lipinski definition) is 0. The molecule has 1 fully saturated rings. The molecule has 1 saturated heterocycles. The second kappa shape index (κ2) is 12.4. The molecule has 1 aliphatic rings. The van der Waals surface area contributed by atoms with E-state index in [1.165, 1.54) is 0 Å². The van der Waals surface area contributed by atoms with Gasteiger partial charge < -0.3 is 18.9 Å². The van der Waals surface area contributed by atoms with E-state index < -0.39 is 11.9 Å². The molecular weight excluding hydrogens is 468 g/mol. The van der Waals surface area contributed by atoms with Crippen LogP contribution in [-0.4, -0.2) is 38.4 Å². The van der Waals surface area contributed by atoms with Gasteiger partial charge in [-0.3, -0.25) is 0 Å². The first kappa shape index (κ1) is 27.7. The minimum atomic E-state index is -0.445. The van der Waals surface area contributed by atoms with Crippen LogP contribution >= 0.6 is 0 Å². The third kappa shape index (κ3) is 7.54. The first-order valence-corrected chi connectivity index (χ1v) is 12.1. The molecule has 0 bridgehead atoms. The minimum Gasteiger partial charge on any atom is -0.493 e. The summed E-state index contributed by atoms with van der Waals surface area (Å²) in [4.78, 5) is 23.6. The van der Waals surface area contributed by atoms with Crippen molar-refractivity contribution in [1.82, 2.24) is 0 Å². The second-order valence-corrected chi connectivity index (χ2v) is 9.43. The fourth-order valence-electron chi connectivity index (χ4n) is 3.57. The van der Waals surface area contributed by atoms with E-state index in [0.29, 0.717) is 36.7 Å². The molecule has 194 valence electrons. The fourth-order valence-corrected chi connectivity index (χ4v) is 3.57. The number of ether oxygens (including phenoxy) is 4. The van der Waals surface area contributed by atoms with Crippen molar-refractivity contribution in [3.63, 3.8) is 0 Å². The van der Waals surface area contributed by atoms with Gasteiger partial charge in [0, 0.05) is 11.1 Å². The van der Waals surface area contributed by atoms with E-state index in [-0.39, 0.29) is 12.0 Å². The SMILES string of the molecule is C=C(C)C(=O)OCC1(COc2ccc(C(/C=C(\C)c3cccc(OC(=O)C(=C)C)c3)=C/C)cc2)COC1. The summed E-state index contributed by atoms with van der Waals surface area (Å²) in [5.74, 6) is 0.353. The highest BCUT2D eigenvalue weighted by Gasteiger charge is 2.41. The normalized spacial score (nSPS) is 14.8. The standard InChI is InChI=1S/C31H34O6/c1-7-24(15-23(6)26-9-8-10-28(16-26)37-30(33)22(4)5)25-11-13-27(14-12-25)35-19-31(17-34-18-31)20-36-29(32)21(2)3/h7-16H,2,4,17-20H2,1,3,5-6H3/b23-15+,24-7+. The molecular formula is C31H34O6. The van der Waals surface area contributed by atoms with E-state index in [1.807, 2.05) is 62.4 Å². The lowest BCUT2D eigenvalue weighted by atomic mass is 9.88. The molecule has 2 aromatic rings. The van der Waals surface area contributed by atoms with E-state index in [2.05, 4.69) is 19.2 Å². The van der Waals surface area contributed by atoms with Crippen molar-refractivity contribution < 1.29 is 28.5 Å². The first-order chi connectivity index (χ1) is 17.6. The number of allylic oxidation sites excluding steroid dienone is 4. The smallest absolute Gasteiger partial charge is 0.338 e. The van der Waals surface area contributed by atoms with E-state index >= 15 is 0 Å². The fraction of sp³-hybridized carbons (Fsp3) is 0.290. The molecule has 0 saturated carbocycles. The molecule has 0 aliphatic carbocycles. The van der Waals surface area contributed by atoms with E-state index in [0.717, 1.165) is 28.0 Å². The zero-order chi connectivity index (χ0) is 27.0. The van der Waals surface area contributed by atoms with Crippen LogP contribution in [0.2, 0.25) is 0 Å². The molecule has 1 heterocycles. The van der Waals surface area contributed by atoms with Crippen molar-refractivity contribution in [3.8, 4) is 11.5 Å². The Balaban J connectivity index is 1.65. The topological polar surface area (TPSA) is 71.1 Å². The summed E-state index contributed by atoms with van der Waals surface area (Å²) in [6, 6.07) is 15.3. The average Bonchev–Trinajstić information content (AvgIpc) is 2.86. The Hall–Kier alpha value is -3.90. The van der Waals surface area contributed by atoms with Crippen molar-refractivity contribution in [2.45, 2.75) is 27.7 Å². The Morgan fingerprint density at radius 1 is 0.919 bits per heavy atom. The lowest BCUT2D eigenvalue weighted by Crippen LogP contribution is -2.51. The maximum atomic E-state index is 11.9. The van der Waals surface area contributed by atoms with Gasteiger partial charge in [0.2, 0.25) is 0 Å². The van der Waals surface area contributed by atoms with Crippen LogP contribution in [0.15, 0.2) is 85.0 Å². The van der Waals surface area contributed by atoms with Crippen LogP contribution in [0.25, 0.3) is 11.1 Å². The number of esters is 2. The second-order valence-electron chi connectivity index (χ2n) is 9.43. The van der Waals surface area contributed by atoms with Crippen LogP contribution in [0, 0.1) is 5.41 Å². The highest BCUT2D eigenvalue weighted by atomic mass is 16.6. The molecule has 3 rings (SSSR count). The third-order valence-electron chi connectivity index (χ3n) is 5.94. The predicted molar refractivity (Wildman–Crippen MR) is 145 cm³/mol. The van der Waals surface area contributed by atoms with Gasteiger partial charge in [0.1, 0.15) is 24.7 Å². The van der Waals surface area contributed by atoms with Crippen molar-refractivity contribution >= 4 is 23.1 Å². The van der Waals surface area contributed by atoms with Gasteiger partial charge in [-0.15, -0.1) is 0 Å². The van der Waals surface area contributed by atoms with Gasteiger partial charge in [-0.05, 0) is 74.2 Å². The number of carbonyl (C=O) groups is 2. The zero-order valence-electron chi connectivity index (χ0n) is 22.0. The highest BCUT2D eigenvalue weighted by Crippen LogP contribution is 2.30.